The molecule has 0 aromatic heterocycles. The van der Waals surface area contributed by atoms with Crippen molar-refractivity contribution in [1.82, 2.24) is 0 Å². The van der Waals surface area contributed by atoms with Gasteiger partial charge in [0.25, 0.3) is 0 Å². The van der Waals surface area contributed by atoms with Gasteiger partial charge in [0.2, 0.25) is 0 Å². The van der Waals surface area contributed by atoms with E-state index >= 15 is 0 Å². The molecule has 0 saturated carbocycles. The van der Waals surface area contributed by atoms with Crippen molar-refractivity contribution in [3.05, 3.63) is 12.7 Å². The van der Waals surface area contributed by atoms with Gasteiger partial charge < -0.3 is 5.73 Å². The summed E-state index contributed by atoms with van der Waals surface area (Å²) in [5.74, 6) is 4.40. The first-order chi connectivity index (χ1) is 3.68. The number of terminal acetylenes is 2. The number of nitrogens with two attached hydrogens (primary N) is 1. The van der Waals surface area contributed by atoms with Crippen LogP contribution in [-0.2, 0) is 0 Å². The van der Waals surface area contributed by atoms with E-state index < -0.39 is 5.54 Å². The first kappa shape index (κ1) is 6.82. The van der Waals surface area contributed by atoms with E-state index in [1.807, 2.05) is 0 Å². The summed E-state index contributed by atoms with van der Waals surface area (Å²) in [5.41, 5.74) is 4.25. The molecule has 0 amide bonds. The minimum Gasteiger partial charge on any atom is -0.302 e. The van der Waals surface area contributed by atoms with Crippen LogP contribution in [0.3, 0.4) is 0 Å². The SMILES string of the molecule is C#CC(N)(C#C)C=C. The highest BCUT2D eigenvalue weighted by Crippen LogP contribution is 1.94. The van der Waals surface area contributed by atoms with Crippen LogP contribution in [0.1, 0.15) is 0 Å². The quantitative estimate of drug-likeness (QED) is 0.372. The molecule has 0 bridgehead atoms. The molecule has 0 saturated heterocycles. The van der Waals surface area contributed by atoms with Crippen LogP contribution in [0.15, 0.2) is 12.7 Å². The lowest BCUT2D eigenvalue weighted by Gasteiger charge is -2.07. The molecule has 0 aromatic carbocycles. The standard InChI is InChI=1S/C7H7N/c1-4-7(8,5-2)6-3/h1-2,6H,3,8H2. The van der Waals surface area contributed by atoms with Crippen molar-refractivity contribution in [2.75, 3.05) is 0 Å². The average molecular weight is 105 g/mol. The molecular formula is C7H7N. The van der Waals surface area contributed by atoms with E-state index in [4.69, 9.17) is 18.6 Å². The minimum atomic E-state index is -1.06. The van der Waals surface area contributed by atoms with Gasteiger partial charge in [-0.3, -0.25) is 0 Å². The Morgan fingerprint density at radius 3 is 1.88 bits per heavy atom. The molecule has 0 spiro atoms. The Morgan fingerprint density at radius 2 is 1.88 bits per heavy atom. The number of rotatable bonds is 1. The summed E-state index contributed by atoms with van der Waals surface area (Å²) in [4.78, 5) is 0. The number of hydrogen-bond donors (Lipinski definition) is 1. The zero-order valence-corrected chi connectivity index (χ0v) is 4.52. The first-order valence-electron chi connectivity index (χ1n) is 2.06. The molecule has 2 N–H and O–H groups in total. The summed E-state index contributed by atoms with van der Waals surface area (Å²) in [7, 11) is 0. The normalized spacial score (nSPS) is 8.88. The van der Waals surface area contributed by atoms with E-state index in [0.29, 0.717) is 0 Å². The highest BCUT2D eigenvalue weighted by molar-refractivity contribution is 5.34. The van der Waals surface area contributed by atoms with Gasteiger partial charge in [0, 0.05) is 0 Å². The van der Waals surface area contributed by atoms with Crippen molar-refractivity contribution in [2.45, 2.75) is 5.54 Å². The molecule has 1 heteroatoms. The zero-order valence-electron chi connectivity index (χ0n) is 4.52. The highest BCUT2D eigenvalue weighted by Gasteiger charge is 2.10. The second kappa shape index (κ2) is 2.21. The van der Waals surface area contributed by atoms with Crippen molar-refractivity contribution in [3.63, 3.8) is 0 Å². The van der Waals surface area contributed by atoms with Gasteiger partial charge in [0.05, 0.1) is 0 Å². The van der Waals surface area contributed by atoms with Gasteiger partial charge in [-0.05, 0) is 6.08 Å². The van der Waals surface area contributed by atoms with Crippen LogP contribution in [0.4, 0.5) is 0 Å². The van der Waals surface area contributed by atoms with Crippen LogP contribution in [0.2, 0.25) is 0 Å². The van der Waals surface area contributed by atoms with Crippen LogP contribution in [0.25, 0.3) is 0 Å². The molecule has 0 aliphatic heterocycles. The molecule has 1 nitrogen and oxygen atoms in total. The van der Waals surface area contributed by atoms with Crippen molar-refractivity contribution < 1.29 is 0 Å². The van der Waals surface area contributed by atoms with Crippen molar-refractivity contribution in [3.8, 4) is 24.7 Å². The topological polar surface area (TPSA) is 26.0 Å². The van der Waals surface area contributed by atoms with Gasteiger partial charge in [0.15, 0.2) is 5.54 Å². The van der Waals surface area contributed by atoms with Gasteiger partial charge in [-0.15, -0.1) is 12.8 Å². The van der Waals surface area contributed by atoms with Crippen LogP contribution < -0.4 is 5.73 Å². The summed E-state index contributed by atoms with van der Waals surface area (Å²) < 4.78 is 0. The Balaban J connectivity index is 4.34. The van der Waals surface area contributed by atoms with E-state index in [1.165, 1.54) is 6.08 Å². The van der Waals surface area contributed by atoms with E-state index in [1.54, 1.807) is 0 Å². The third-order valence-corrected chi connectivity index (χ3v) is 0.800. The lowest BCUT2D eigenvalue weighted by molar-refractivity contribution is 0.895. The van der Waals surface area contributed by atoms with Crippen LogP contribution in [0, 0.1) is 24.7 Å². The Hall–Kier alpha value is -1.18. The Bertz CT molecular complexity index is 152. The summed E-state index contributed by atoms with van der Waals surface area (Å²) in [6, 6.07) is 0. The van der Waals surface area contributed by atoms with Crippen LogP contribution in [-0.4, -0.2) is 5.54 Å². The largest absolute Gasteiger partial charge is 0.302 e. The summed E-state index contributed by atoms with van der Waals surface area (Å²) >= 11 is 0. The summed E-state index contributed by atoms with van der Waals surface area (Å²) in [6.45, 7) is 3.36. The Kier molecular flexibility index (Phi) is 1.88. The molecular weight excluding hydrogens is 98.1 g/mol. The van der Waals surface area contributed by atoms with E-state index in [-0.39, 0.29) is 0 Å². The van der Waals surface area contributed by atoms with Gasteiger partial charge >= 0.3 is 0 Å². The Morgan fingerprint density at radius 1 is 1.50 bits per heavy atom. The molecule has 0 radical (unpaired) electrons. The maximum absolute atomic E-state index is 5.31. The van der Waals surface area contributed by atoms with Gasteiger partial charge in [-0.1, -0.05) is 18.4 Å². The summed E-state index contributed by atoms with van der Waals surface area (Å²) in [5, 5.41) is 0. The molecule has 0 aliphatic rings. The first-order valence-corrected chi connectivity index (χ1v) is 2.06. The second-order valence-electron chi connectivity index (χ2n) is 1.36. The van der Waals surface area contributed by atoms with Gasteiger partial charge in [-0.25, -0.2) is 0 Å². The molecule has 8 heavy (non-hydrogen) atoms. The molecule has 0 unspecified atom stereocenters. The predicted molar refractivity (Wildman–Crippen MR) is 34.8 cm³/mol. The van der Waals surface area contributed by atoms with E-state index in [2.05, 4.69) is 18.4 Å². The predicted octanol–water partition coefficient (Wildman–Crippen LogP) is 0.136. The molecule has 0 heterocycles. The average Bonchev–Trinajstić information content (AvgIpc) is 1.87. The fourth-order valence-corrected chi connectivity index (χ4v) is 0.160. The van der Waals surface area contributed by atoms with Gasteiger partial charge in [-0.2, -0.15) is 0 Å². The lowest BCUT2D eigenvalue weighted by atomic mass is 10.1. The van der Waals surface area contributed by atoms with Crippen molar-refractivity contribution >= 4 is 0 Å². The van der Waals surface area contributed by atoms with E-state index in [0.717, 1.165) is 0 Å². The zero-order chi connectivity index (χ0) is 6.62. The molecule has 0 rings (SSSR count). The van der Waals surface area contributed by atoms with E-state index in [9.17, 15) is 0 Å². The minimum absolute atomic E-state index is 1.06. The Labute approximate surface area is 49.6 Å². The van der Waals surface area contributed by atoms with Crippen LogP contribution >= 0.6 is 0 Å². The fraction of sp³-hybridized carbons (Fsp3) is 0.143. The van der Waals surface area contributed by atoms with Gasteiger partial charge in [0.1, 0.15) is 0 Å². The molecule has 0 atom stereocenters. The number of hydrogen-bond acceptors (Lipinski definition) is 1. The second-order valence-corrected chi connectivity index (χ2v) is 1.36. The summed E-state index contributed by atoms with van der Waals surface area (Å²) in [6.07, 6.45) is 11.2. The molecule has 40 valence electrons. The maximum atomic E-state index is 5.31. The third kappa shape index (κ3) is 1.15. The molecule has 0 aromatic rings. The maximum Gasteiger partial charge on any atom is 0.157 e. The molecule has 0 aliphatic carbocycles. The smallest absolute Gasteiger partial charge is 0.157 e. The van der Waals surface area contributed by atoms with Crippen molar-refractivity contribution in [2.24, 2.45) is 5.73 Å². The lowest BCUT2D eigenvalue weighted by Crippen LogP contribution is -2.32. The highest BCUT2D eigenvalue weighted by atomic mass is 14.7. The van der Waals surface area contributed by atoms with Crippen LogP contribution in [0.5, 0.6) is 0 Å². The van der Waals surface area contributed by atoms with Crippen molar-refractivity contribution in [1.29, 1.82) is 0 Å². The monoisotopic (exact) mass is 105 g/mol. The third-order valence-electron chi connectivity index (χ3n) is 0.800. The fourth-order valence-electron chi connectivity index (χ4n) is 0.160. The molecule has 0 fully saturated rings.